The average Bonchev–Trinajstić information content (AvgIpc) is 3.09. The molecule has 0 bridgehead atoms. The van der Waals surface area contributed by atoms with E-state index in [-0.39, 0.29) is 5.91 Å². The van der Waals surface area contributed by atoms with E-state index in [0.717, 1.165) is 48.2 Å². The second-order valence-corrected chi connectivity index (χ2v) is 6.18. The van der Waals surface area contributed by atoms with Crippen molar-refractivity contribution in [2.45, 2.75) is 32.2 Å². The van der Waals surface area contributed by atoms with Gasteiger partial charge in [0.25, 0.3) is 0 Å². The van der Waals surface area contributed by atoms with Crippen molar-refractivity contribution in [2.24, 2.45) is 0 Å². The Balaban J connectivity index is 1.57. The Morgan fingerprint density at radius 2 is 2.29 bits per heavy atom. The van der Waals surface area contributed by atoms with Gasteiger partial charge < -0.3 is 15.1 Å². The minimum atomic E-state index is 0.0503. The zero-order valence-corrected chi connectivity index (χ0v) is 12.8. The smallest absolute Gasteiger partial charge is 0.226 e. The molecule has 112 valence electrons. The van der Waals surface area contributed by atoms with Crippen molar-refractivity contribution < 1.29 is 9.21 Å². The van der Waals surface area contributed by atoms with Crippen molar-refractivity contribution in [3.05, 3.63) is 29.0 Å². The minimum absolute atomic E-state index is 0.0503. The average molecular weight is 305 g/mol. The van der Waals surface area contributed by atoms with Crippen molar-refractivity contribution >= 4 is 17.2 Å². The van der Waals surface area contributed by atoms with Gasteiger partial charge in [-0.15, -0.1) is 11.3 Å². The number of aryl methyl sites for hydroxylation is 1. The zero-order valence-electron chi connectivity index (χ0n) is 12.0. The zero-order chi connectivity index (χ0) is 14.7. The summed E-state index contributed by atoms with van der Waals surface area (Å²) in [6.07, 6.45) is 2.33. The van der Waals surface area contributed by atoms with E-state index in [4.69, 9.17) is 4.42 Å². The fourth-order valence-corrected chi connectivity index (χ4v) is 3.24. The van der Waals surface area contributed by atoms with Crippen LogP contribution in [0.4, 0.5) is 0 Å². The lowest BCUT2D eigenvalue weighted by Crippen LogP contribution is -2.43. The highest BCUT2D eigenvalue weighted by Gasteiger charge is 2.17. The van der Waals surface area contributed by atoms with Crippen LogP contribution in [0, 0.1) is 6.92 Å². The fourth-order valence-electron chi connectivity index (χ4n) is 2.46. The number of amides is 1. The number of furan rings is 1. The molecule has 6 heteroatoms. The van der Waals surface area contributed by atoms with Crippen LogP contribution in [0.5, 0.6) is 0 Å². The molecule has 0 aromatic carbocycles. The van der Waals surface area contributed by atoms with E-state index in [1.807, 2.05) is 24.4 Å². The maximum absolute atomic E-state index is 12.0. The first-order valence-electron chi connectivity index (χ1n) is 7.22. The van der Waals surface area contributed by atoms with Crippen LogP contribution in [0.15, 0.2) is 21.9 Å². The number of thiazole rings is 1. The summed E-state index contributed by atoms with van der Waals surface area (Å²) >= 11 is 1.51. The Bertz CT molecular complexity index is 614. The SMILES string of the molecule is Cc1ccc(-c2nc(CC(=O)NC3CCNCC3)cs2)o1. The molecule has 3 heterocycles. The normalized spacial score (nSPS) is 16.0. The van der Waals surface area contributed by atoms with E-state index >= 15 is 0 Å². The molecule has 0 spiro atoms. The second kappa shape index (κ2) is 6.41. The van der Waals surface area contributed by atoms with Gasteiger partial charge in [-0.3, -0.25) is 4.79 Å². The predicted octanol–water partition coefficient (Wildman–Crippen LogP) is 2.12. The van der Waals surface area contributed by atoms with E-state index < -0.39 is 0 Å². The predicted molar refractivity (Wildman–Crippen MR) is 82.3 cm³/mol. The number of nitrogens with zero attached hydrogens (tertiary/aromatic N) is 1. The first-order chi connectivity index (χ1) is 10.2. The van der Waals surface area contributed by atoms with E-state index in [0.29, 0.717) is 12.5 Å². The first-order valence-corrected chi connectivity index (χ1v) is 8.10. The number of carbonyl (C=O) groups is 1. The van der Waals surface area contributed by atoms with Crippen molar-refractivity contribution in [3.63, 3.8) is 0 Å². The molecule has 1 amide bonds. The molecule has 0 radical (unpaired) electrons. The fraction of sp³-hybridized carbons (Fsp3) is 0.467. The Hall–Kier alpha value is -1.66. The van der Waals surface area contributed by atoms with Gasteiger partial charge in [0, 0.05) is 11.4 Å². The number of piperidine rings is 1. The van der Waals surface area contributed by atoms with Crippen LogP contribution in [0.3, 0.4) is 0 Å². The van der Waals surface area contributed by atoms with Crippen molar-refractivity contribution in [1.82, 2.24) is 15.6 Å². The molecule has 1 saturated heterocycles. The molecule has 0 unspecified atom stereocenters. The van der Waals surface area contributed by atoms with E-state index in [2.05, 4.69) is 15.6 Å². The highest BCUT2D eigenvalue weighted by atomic mass is 32.1. The summed E-state index contributed by atoms with van der Waals surface area (Å²) in [6.45, 7) is 3.86. The van der Waals surface area contributed by atoms with Crippen LogP contribution in [-0.4, -0.2) is 30.0 Å². The van der Waals surface area contributed by atoms with E-state index in [1.165, 1.54) is 11.3 Å². The Morgan fingerprint density at radius 3 is 3.00 bits per heavy atom. The van der Waals surface area contributed by atoms with Gasteiger partial charge in [0.15, 0.2) is 10.8 Å². The van der Waals surface area contributed by atoms with Crippen LogP contribution in [0.2, 0.25) is 0 Å². The number of hydrogen-bond donors (Lipinski definition) is 2. The maximum Gasteiger partial charge on any atom is 0.226 e. The lowest BCUT2D eigenvalue weighted by Gasteiger charge is -2.23. The summed E-state index contributed by atoms with van der Waals surface area (Å²) in [6, 6.07) is 4.12. The number of hydrogen-bond acceptors (Lipinski definition) is 5. The van der Waals surface area contributed by atoms with Crippen LogP contribution >= 0.6 is 11.3 Å². The number of nitrogens with one attached hydrogen (secondary N) is 2. The lowest BCUT2D eigenvalue weighted by molar-refractivity contribution is -0.121. The van der Waals surface area contributed by atoms with E-state index in [1.54, 1.807) is 0 Å². The Kier molecular flexibility index (Phi) is 4.36. The third-order valence-corrected chi connectivity index (χ3v) is 4.45. The molecule has 0 saturated carbocycles. The van der Waals surface area contributed by atoms with Crippen molar-refractivity contribution in [1.29, 1.82) is 0 Å². The Labute approximate surface area is 127 Å². The van der Waals surface area contributed by atoms with Gasteiger partial charge in [-0.25, -0.2) is 4.98 Å². The molecule has 21 heavy (non-hydrogen) atoms. The van der Waals surface area contributed by atoms with Gasteiger partial charge in [-0.1, -0.05) is 0 Å². The second-order valence-electron chi connectivity index (χ2n) is 5.32. The number of rotatable bonds is 4. The molecular weight excluding hydrogens is 286 g/mol. The summed E-state index contributed by atoms with van der Waals surface area (Å²) < 4.78 is 5.55. The highest BCUT2D eigenvalue weighted by Crippen LogP contribution is 2.25. The maximum atomic E-state index is 12.0. The highest BCUT2D eigenvalue weighted by molar-refractivity contribution is 7.13. The molecule has 0 aliphatic carbocycles. The Morgan fingerprint density at radius 1 is 1.48 bits per heavy atom. The summed E-state index contributed by atoms with van der Waals surface area (Å²) in [7, 11) is 0. The monoisotopic (exact) mass is 305 g/mol. The summed E-state index contributed by atoms with van der Waals surface area (Å²) in [4.78, 5) is 16.5. The molecule has 3 rings (SSSR count). The topological polar surface area (TPSA) is 67.2 Å². The molecule has 1 aliphatic heterocycles. The van der Waals surface area contributed by atoms with Gasteiger partial charge in [0.2, 0.25) is 5.91 Å². The molecular formula is C15H19N3O2S. The van der Waals surface area contributed by atoms with Crippen LogP contribution in [0.1, 0.15) is 24.3 Å². The molecule has 1 aliphatic rings. The minimum Gasteiger partial charge on any atom is -0.459 e. The summed E-state index contributed by atoms with van der Waals surface area (Å²) in [5.41, 5.74) is 0.801. The molecule has 2 aromatic rings. The van der Waals surface area contributed by atoms with Gasteiger partial charge in [-0.05, 0) is 45.0 Å². The van der Waals surface area contributed by atoms with Gasteiger partial charge >= 0.3 is 0 Å². The standard InChI is InChI=1S/C15H19N3O2S/c1-10-2-3-13(20-10)15-18-12(9-21-15)8-14(19)17-11-4-6-16-7-5-11/h2-3,9,11,16H,4-8H2,1H3,(H,17,19). The third kappa shape index (κ3) is 3.71. The third-order valence-electron chi connectivity index (χ3n) is 3.55. The van der Waals surface area contributed by atoms with Gasteiger partial charge in [-0.2, -0.15) is 0 Å². The quantitative estimate of drug-likeness (QED) is 0.908. The molecule has 5 nitrogen and oxygen atoms in total. The van der Waals surface area contributed by atoms with Crippen molar-refractivity contribution in [2.75, 3.05) is 13.1 Å². The number of aromatic nitrogens is 1. The van der Waals surface area contributed by atoms with Crippen LogP contribution in [-0.2, 0) is 11.2 Å². The molecule has 1 fully saturated rings. The summed E-state index contributed by atoms with van der Waals surface area (Å²) in [5.74, 6) is 1.68. The summed E-state index contributed by atoms with van der Waals surface area (Å²) in [5, 5.41) is 9.12. The lowest BCUT2D eigenvalue weighted by atomic mass is 10.1. The van der Waals surface area contributed by atoms with E-state index in [9.17, 15) is 4.79 Å². The first kappa shape index (κ1) is 14.3. The van der Waals surface area contributed by atoms with Gasteiger partial charge in [0.1, 0.15) is 5.76 Å². The van der Waals surface area contributed by atoms with Gasteiger partial charge in [0.05, 0.1) is 12.1 Å². The molecule has 0 atom stereocenters. The van der Waals surface area contributed by atoms with Crippen LogP contribution in [0.25, 0.3) is 10.8 Å². The van der Waals surface area contributed by atoms with Crippen LogP contribution < -0.4 is 10.6 Å². The number of carbonyl (C=O) groups excluding carboxylic acids is 1. The largest absolute Gasteiger partial charge is 0.459 e. The molecule has 2 N–H and O–H groups in total. The molecule has 2 aromatic heterocycles. The van der Waals surface area contributed by atoms with Crippen molar-refractivity contribution in [3.8, 4) is 10.8 Å².